The molecule has 2 N–H and O–H groups in total. The average Bonchev–Trinajstić information content (AvgIpc) is 2.81. The second kappa shape index (κ2) is 5.99. The van der Waals surface area contributed by atoms with Crippen molar-refractivity contribution in [1.29, 1.82) is 0 Å². The molecule has 0 saturated heterocycles. The lowest BCUT2D eigenvalue weighted by Crippen LogP contribution is -2.10. The summed E-state index contributed by atoms with van der Waals surface area (Å²) in [5.74, 6) is 0.00484. The first-order valence-corrected chi connectivity index (χ1v) is 6.89. The first kappa shape index (κ1) is 13.8. The summed E-state index contributed by atoms with van der Waals surface area (Å²) in [7, 11) is 0. The second-order valence-electron chi connectivity index (χ2n) is 4.26. The van der Waals surface area contributed by atoms with Gasteiger partial charge in [0, 0.05) is 24.0 Å². The molecular weight excluding hydrogens is 260 g/mol. The van der Waals surface area contributed by atoms with Gasteiger partial charge < -0.3 is 5.73 Å². The monoisotopic (exact) mass is 276 g/mol. The summed E-state index contributed by atoms with van der Waals surface area (Å²) in [6, 6.07) is 0. The smallest absolute Gasteiger partial charge is 0.183 e. The zero-order valence-corrected chi connectivity index (χ0v) is 11.8. The second-order valence-corrected chi connectivity index (χ2v) is 5.58. The molecule has 0 aromatic carbocycles. The van der Waals surface area contributed by atoms with Crippen molar-refractivity contribution in [1.82, 2.24) is 15.0 Å². The Labute approximate surface area is 115 Å². The largest absolute Gasteiger partial charge is 0.325 e. The van der Waals surface area contributed by atoms with Crippen molar-refractivity contribution in [2.45, 2.75) is 33.2 Å². The molecule has 2 aromatic rings. The van der Waals surface area contributed by atoms with E-state index in [9.17, 15) is 4.79 Å². The van der Waals surface area contributed by atoms with Crippen molar-refractivity contribution in [3.05, 3.63) is 39.4 Å². The summed E-state index contributed by atoms with van der Waals surface area (Å²) in [5, 5.41) is 1.02. The molecule has 2 rings (SSSR count). The van der Waals surface area contributed by atoms with Crippen LogP contribution in [0.3, 0.4) is 0 Å². The zero-order valence-electron chi connectivity index (χ0n) is 11.0. The minimum absolute atomic E-state index is 0.00484. The number of thiazole rings is 1. The van der Waals surface area contributed by atoms with Crippen LogP contribution in [0.5, 0.6) is 0 Å². The molecule has 6 heteroatoms. The van der Waals surface area contributed by atoms with Crippen LogP contribution in [0.2, 0.25) is 0 Å². The third-order valence-corrected chi connectivity index (χ3v) is 3.77. The maximum Gasteiger partial charge on any atom is 0.183 e. The van der Waals surface area contributed by atoms with Gasteiger partial charge in [0.25, 0.3) is 0 Å². The van der Waals surface area contributed by atoms with E-state index in [0.717, 1.165) is 21.3 Å². The van der Waals surface area contributed by atoms with E-state index in [-0.39, 0.29) is 5.78 Å². The number of hydrogen-bond donors (Lipinski definition) is 1. The van der Waals surface area contributed by atoms with Gasteiger partial charge in [-0.15, -0.1) is 11.3 Å². The Kier molecular flexibility index (Phi) is 4.34. The highest BCUT2D eigenvalue weighted by Gasteiger charge is 2.11. The molecule has 0 aliphatic rings. The van der Waals surface area contributed by atoms with Gasteiger partial charge in [-0.05, 0) is 20.3 Å². The molecule has 0 amide bonds. The Balaban J connectivity index is 2.01. The van der Waals surface area contributed by atoms with Gasteiger partial charge in [-0.25, -0.2) is 9.97 Å². The van der Waals surface area contributed by atoms with Crippen molar-refractivity contribution in [3.8, 4) is 0 Å². The molecule has 5 nitrogen and oxygen atoms in total. The lowest BCUT2D eigenvalue weighted by molar-refractivity contribution is 0.0977. The SMILES string of the molecule is Cc1ncc(CCC(=O)c2cnc(CN)c(C)n2)s1. The Morgan fingerprint density at radius 2 is 2.11 bits per heavy atom. The van der Waals surface area contributed by atoms with Crippen molar-refractivity contribution in [2.24, 2.45) is 5.73 Å². The van der Waals surface area contributed by atoms with E-state index in [1.165, 1.54) is 6.20 Å². The molecule has 19 heavy (non-hydrogen) atoms. The fraction of sp³-hybridized carbons (Fsp3) is 0.385. The van der Waals surface area contributed by atoms with Gasteiger partial charge in [0.15, 0.2) is 5.78 Å². The van der Waals surface area contributed by atoms with Crippen LogP contribution in [0, 0.1) is 13.8 Å². The van der Waals surface area contributed by atoms with Gasteiger partial charge in [0.05, 0.1) is 22.6 Å². The molecule has 0 saturated carbocycles. The Morgan fingerprint density at radius 3 is 2.68 bits per heavy atom. The van der Waals surface area contributed by atoms with Crippen LogP contribution < -0.4 is 5.73 Å². The van der Waals surface area contributed by atoms with Gasteiger partial charge in [-0.3, -0.25) is 9.78 Å². The van der Waals surface area contributed by atoms with Crippen LogP contribution in [0.15, 0.2) is 12.4 Å². The van der Waals surface area contributed by atoms with Crippen LogP contribution >= 0.6 is 11.3 Å². The lowest BCUT2D eigenvalue weighted by Gasteiger charge is -2.04. The number of nitrogens with two attached hydrogens (primary N) is 1. The Morgan fingerprint density at radius 1 is 1.32 bits per heavy atom. The maximum absolute atomic E-state index is 12.0. The van der Waals surface area contributed by atoms with E-state index in [1.54, 1.807) is 11.3 Å². The summed E-state index contributed by atoms with van der Waals surface area (Å²) in [6.07, 6.45) is 4.46. The van der Waals surface area contributed by atoms with Crippen LogP contribution in [0.4, 0.5) is 0 Å². The predicted molar refractivity (Wildman–Crippen MR) is 74.2 cm³/mol. The highest BCUT2D eigenvalue weighted by atomic mass is 32.1. The first-order valence-electron chi connectivity index (χ1n) is 6.07. The molecule has 100 valence electrons. The quantitative estimate of drug-likeness (QED) is 0.842. The number of hydrogen-bond acceptors (Lipinski definition) is 6. The van der Waals surface area contributed by atoms with E-state index in [1.807, 2.05) is 20.0 Å². The minimum atomic E-state index is 0.00484. The third kappa shape index (κ3) is 3.42. The topological polar surface area (TPSA) is 81.8 Å². The van der Waals surface area contributed by atoms with Crippen molar-refractivity contribution in [3.63, 3.8) is 0 Å². The number of carbonyl (C=O) groups is 1. The van der Waals surface area contributed by atoms with Crippen molar-refractivity contribution in [2.75, 3.05) is 0 Å². The molecule has 2 heterocycles. The number of nitrogens with zero attached hydrogens (tertiary/aromatic N) is 3. The normalized spacial score (nSPS) is 10.7. The van der Waals surface area contributed by atoms with Crippen LogP contribution in [-0.4, -0.2) is 20.7 Å². The van der Waals surface area contributed by atoms with E-state index < -0.39 is 0 Å². The van der Waals surface area contributed by atoms with Gasteiger partial charge in [0.1, 0.15) is 5.69 Å². The number of rotatable bonds is 5. The molecule has 0 atom stereocenters. The van der Waals surface area contributed by atoms with E-state index in [0.29, 0.717) is 25.1 Å². The molecule has 0 aliphatic heterocycles. The number of ketones is 1. The number of aryl methyl sites for hydroxylation is 3. The molecule has 0 fully saturated rings. The fourth-order valence-electron chi connectivity index (χ4n) is 1.73. The maximum atomic E-state index is 12.0. The van der Waals surface area contributed by atoms with Crippen LogP contribution in [-0.2, 0) is 13.0 Å². The van der Waals surface area contributed by atoms with Gasteiger partial charge in [0.2, 0.25) is 0 Å². The molecule has 0 radical (unpaired) electrons. The summed E-state index contributed by atoms with van der Waals surface area (Å²) >= 11 is 1.62. The van der Waals surface area contributed by atoms with E-state index in [4.69, 9.17) is 5.73 Å². The van der Waals surface area contributed by atoms with Crippen molar-refractivity contribution < 1.29 is 4.79 Å². The van der Waals surface area contributed by atoms with E-state index >= 15 is 0 Å². The molecule has 0 unspecified atom stereocenters. The number of aromatic nitrogens is 3. The fourth-order valence-corrected chi connectivity index (χ4v) is 2.52. The van der Waals surface area contributed by atoms with Crippen LogP contribution in [0.1, 0.15) is 38.2 Å². The standard InChI is InChI=1S/C13H16N4OS/c1-8-11(5-14)16-7-12(17-8)13(18)4-3-10-6-15-9(2)19-10/h6-7H,3-5,14H2,1-2H3. The molecule has 0 bridgehead atoms. The summed E-state index contributed by atoms with van der Waals surface area (Å²) in [6.45, 7) is 4.11. The minimum Gasteiger partial charge on any atom is -0.325 e. The average molecular weight is 276 g/mol. The highest BCUT2D eigenvalue weighted by Crippen LogP contribution is 2.15. The molecule has 0 aliphatic carbocycles. The molecule has 2 aromatic heterocycles. The van der Waals surface area contributed by atoms with Crippen molar-refractivity contribution >= 4 is 17.1 Å². The first-order chi connectivity index (χ1) is 9.10. The predicted octanol–water partition coefficient (Wildman–Crippen LogP) is 1.82. The van der Waals surface area contributed by atoms with E-state index in [2.05, 4.69) is 15.0 Å². The molecule has 0 spiro atoms. The Hall–Kier alpha value is -1.66. The lowest BCUT2D eigenvalue weighted by atomic mass is 10.1. The number of carbonyl (C=O) groups excluding carboxylic acids is 1. The van der Waals surface area contributed by atoms with Gasteiger partial charge in [-0.1, -0.05) is 0 Å². The van der Waals surface area contributed by atoms with Gasteiger partial charge >= 0.3 is 0 Å². The summed E-state index contributed by atoms with van der Waals surface area (Å²) < 4.78 is 0. The third-order valence-electron chi connectivity index (χ3n) is 2.80. The molecular formula is C13H16N4OS. The number of Topliss-reactive ketones (excluding diaryl/α,β-unsaturated/α-hetero) is 1. The Bertz CT molecular complexity index is 594. The summed E-state index contributed by atoms with van der Waals surface area (Å²) in [4.78, 5) is 25.7. The summed E-state index contributed by atoms with van der Waals surface area (Å²) in [5.41, 5.74) is 7.39. The van der Waals surface area contributed by atoms with Crippen LogP contribution in [0.25, 0.3) is 0 Å². The highest BCUT2D eigenvalue weighted by molar-refractivity contribution is 7.11. The van der Waals surface area contributed by atoms with Gasteiger partial charge in [-0.2, -0.15) is 0 Å². The zero-order chi connectivity index (χ0) is 13.8.